The third-order valence-electron chi connectivity index (χ3n) is 3.70. The molecule has 0 saturated heterocycles. The number of nitrogens with one attached hydrogen (secondary N) is 2. The number of carbonyl (C=O) groups is 1. The Morgan fingerprint density at radius 2 is 1.77 bits per heavy atom. The second-order valence-electron chi connectivity index (χ2n) is 5.56. The van der Waals surface area contributed by atoms with E-state index in [-0.39, 0.29) is 5.91 Å². The zero-order valence-electron chi connectivity index (χ0n) is 14.3. The molecule has 1 heterocycles. The molecular weight excluding hydrogens is 352 g/mol. The quantitative estimate of drug-likeness (QED) is 0.696. The predicted octanol–water partition coefficient (Wildman–Crippen LogP) is 4.44. The monoisotopic (exact) mass is 368 g/mol. The Kier molecular flexibility index (Phi) is 5.34. The van der Waals surface area contributed by atoms with Gasteiger partial charge in [0.1, 0.15) is 5.75 Å². The van der Waals surface area contributed by atoms with Gasteiger partial charge in [-0.1, -0.05) is 11.6 Å². The summed E-state index contributed by atoms with van der Waals surface area (Å²) in [7, 11) is 1.59. The zero-order chi connectivity index (χ0) is 18.5. The number of nitrogens with zero attached hydrogens (tertiary/aromatic N) is 2. The predicted molar refractivity (Wildman–Crippen MR) is 102 cm³/mol. The number of halogens is 1. The van der Waals surface area contributed by atoms with E-state index >= 15 is 0 Å². The van der Waals surface area contributed by atoms with Gasteiger partial charge in [0.05, 0.1) is 12.7 Å². The van der Waals surface area contributed by atoms with Crippen LogP contribution in [-0.2, 0) is 0 Å². The van der Waals surface area contributed by atoms with Crippen LogP contribution in [0.5, 0.6) is 5.75 Å². The molecule has 0 aliphatic carbocycles. The van der Waals surface area contributed by atoms with Crippen LogP contribution in [0.15, 0.2) is 54.9 Å². The summed E-state index contributed by atoms with van der Waals surface area (Å²) in [5.74, 6) is 0.833. The molecule has 0 aliphatic rings. The smallest absolute Gasteiger partial charge is 0.258 e. The van der Waals surface area contributed by atoms with E-state index < -0.39 is 0 Å². The Morgan fingerprint density at radius 1 is 1.08 bits per heavy atom. The molecule has 2 aromatic carbocycles. The number of ether oxygens (including phenoxy) is 1. The van der Waals surface area contributed by atoms with Crippen LogP contribution >= 0.6 is 11.6 Å². The summed E-state index contributed by atoms with van der Waals surface area (Å²) in [5.41, 5.74) is 2.85. The maximum absolute atomic E-state index is 12.3. The van der Waals surface area contributed by atoms with Crippen LogP contribution < -0.4 is 15.4 Å². The van der Waals surface area contributed by atoms with Crippen molar-refractivity contribution in [3.8, 4) is 5.75 Å². The fourth-order valence-electron chi connectivity index (χ4n) is 2.28. The normalized spacial score (nSPS) is 10.3. The van der Waals surface area contributed by atoms with Crippen LogP contribution in [0, 0.1) is 6.92 Å². The van der Waals surface area contributed by atoms with Crippen molar-refractivity contribution in [3.63, 3.8) is 0 Å². The maximum Gasteiger partial charge on any atom is 0.258 e. The van der Waals surface area contributed by atoms with Gasteiger partial charge in [0.15, 0.2) is 0 Å². The molecular formula is C19H17ClN4O2. The Hall–Kier alpha value is -3.12. The summed E-state index contributed by atoms with van der Waals surface area (Å²) >= 11 is 5.95. The Labute approximate surface area is 156 Å². The molecule has 6 nitrogen and oxygen atoms in total. The van der Waals surface area contributed by atoms with E-state index in [0.29, 0.717) is 22.2 Å². The number of aryl methyl sites for hydroxylation is 1. The van der Waals surface area contributed by atoms with Crippen molar-refractivity contribution in [2.75, 3.05) is 17.7 Å². The number of hydrogen-bond acceptors (Lipinski definition) is 5. The number of carbonyl (C=O) groups excluding carboxylic acids is 1. The lowest BCUT2D eigenvalue weighted by Crippen LogP contribution is -2.13. The fraction of sp³-hybridized carbons (Fsp3) is 0.105. The summed E-state index contributed by atoms with van der Waals surface area (Å²) in [6, 6.07) is 12.5. The number of benzene rings is 2. The molecule has 3 aromatic rings. The molecule has 2 N–H and O–H groups in total. The van der Waals surface area contributed by atoms with E-state index in [1.807, 2.05) is 19.1 Å². The van der Waals surface area contributed by atoms with E-state index in [9.17, 15) is 4.79 Å². The topological polar surface area (TPSA) is 76.1 Å². The van der Waals surface area contributed by atoms with Gasteiger partial charge >= 0.3 is 0 Å². The summed E-state index contributed by atoms with van der Waals surface area (Å²) in [6.07, 6.45) is 2.94. The highest BCUT2D eigenvalue weighted by atomic mass is 35.5. The Bertz CT molecular complexity index is 912. The third kappa shape index (κ3) is 4.29. The minimum atomic E-state index is -0.288. The van der Waals surface area contributed by atoms with Crippen molar-refractivity contribution in [1.29, 1.82) is 0 Å². The molecule has 132 valence electrons. The Morgan fingerprint density at radius 3 is 2.38 bits per heavy atom. The lowest BCUT2D eigenvalue weighted by Gasteiger charge is -2.09. The second-order valence-corrected chi connectivity index (χ2v) is 6.00. The zero-order valence-corrected chi connectivity index (χ0v) is 15.0. The molecule has 0 bridgehead atoms. The first-order valence-electron chi connectivity index (χ1n) is 7.86. The van der Waals surface area contributed by atoms with E-state index in [0.717, 1.165) is 17.0 Å². The summed E-state index contributed by atoms with van der Waals surface area (Å²) in [4.78, 5) is 20.7. The first-order valence-corrected chi connectivity index (χ1v) is 8.23. The van der Waals surface area contributed by atoms with E-state index in [1.165, 1.54) is 12.4 Å². The largest absolute Gasteiger partial charge is 0.497 e. The van der Waals surface area contributed by atoms with Crippen molar-refractivity contribution in [2.24, 2.45) is 0 Å². The summed E-state index contributed by atoms with van der Waals surface area (Å²) < 4.78 is 5.09. The molecule has 0 unspecified atom stereocenters. The van der Waals surface area contributed by atoms with Crippen molar-refractivity contribution >= 4 is 34.8 Å². The molecule has 0 aliphatic heterocycles. The average Bonchev–Trinajstić information content (AvgIpc) is 2.65. The number of rotatable bonds is 5. The molecule has 26 heavy (non-hydrogen) atoms. The van der Waals surface area contributed by atoms with Gasteiger partial charge in [-0.25, -0.2) is 9.97 Å². The van der Waals surface area contributed by atoms with Gasteiger partial charge in [-0.15, -0.1) is 0 Å². The number of aromatic nitrogens is 2. The average molecular weight is 369 g/mol. The molecule has 0 atom stereocenters. The summed E-state index contributed by atoms with van der Waals surface area (Å²) in [6.45, 7) is 1.94. The molecule has 1 aromatic heterocycles. The van der Waals surface area contributed by atoms with Crippen LogP contribution in [0.25, 0.3) is 0 Å². The van der Waals surface area contributed by atoms with Crippen molar-refractivity contribution in [3.05, 3.63) is 71.0 Å². The fourth-order valence-corrected chi connectivity index (χ4v) is 2.50. The molecule has 0 fully saturated rings. The van der Waals surface area contributed by atoms with Crippen LogP contribution in [0.4, 0.5) is 17.3 Å². The first-order chi connectivity index (χ1) is 12.5. The highest BCUT2D eigenvalue weighted by Gasteiger charge is 2.09. The van der Waals surface area contributed by atoms with E-state index in [2.05, 4.69) is 20.6 Å². The standard InChI is InChI=1S/C19H17ClN4O2/c1-12-9-14(20)3-8-17(12)24-19-21-10-13(11-22-19)18(25)23-15-4-6-16(26-2)7-5-15/h3-11H,1-2H3,(H,23,25)(H,21,22,24). The van der Waals surface area contributed by atoms with Crippen molar-refractivity contribution < 1.29 is 9.53 Å². The van der Waals surface area contributed by atoms with Crippen LogP contribution in [0.3, 0.4) is 0 Å². The third-order valence-corrected chi connectivity index (χ3v) is 3.93. The minimum absolute atomic E-state index is 0.288. The molecule has 0 saturated carbocycles. The highest BCUT2D eigenvalue weighted by molar-refractivity contribution is 6.30. The van der Waals surface area contributed by atoms with Gasteiger partial charge in [-0.3, -0.25) is 4.79 Å². The maximum atomic E-state index is 12.3. The molecule has 0 radical (unpaired) electrons. The van der Waals surface area contributed by atoms with Crippen molar-refractivity contribution in [2.45, 2.75) is 6.92 Å². The molecule has 1 amide bonds. The number of anilines is 3. The number of amides is 1. The van der Waals surface area contributed by atoms with Crippen LogP contribution in [0.1, 0.15) is 15.9 Å². The van der Waals surface area contributed by atoms with Crippen molar-refractivity contribution in [1.82, 2.24) is 9.97 Å². The van der Waals surface area contributed by atoms with Crippen LogP contribution in [0.2, 0.25) is 5.02 Å². The summed E-state index contributed by atoms with van der Waals surface area (Å²) in [5, 5.41) is 6.55. The van der Waals surface area contributed by atoms with Gasteiger partial charge in [-0.2, -0.15) is 0 Å². The number of methoxy groups -OCH3 is 1. The number of hydrogen-bond donors (Lipinski definition) is 2. The van der Waals surface area contributed by atoms with Gasteiger partial charge in [0.2, 0.25) is 5.95 Å². The first kappa shape index (κ1) is 17.7. The minimum Gasteiger partial charge on any atom is -0.497 e. The molecule has 7 heteroatoms. The van der Waals surface area contributed by atoms with E-state index in [1.54, 1.807) is 37.4 Å². The lowest BCUT2D eigenvalue weighted by atomic mass is 10.2. The molecule has 3 rings (SSSR count). The SMILES string of the molecule is COc1ccc(NC(=O)c2cnc(Nc3ccc(Cl)cc3C)nc2)cc1. The highest BCUT2D eigenvalue weighted by Crippen LogP contribution is 2.22. The Balaban J connectivity index is 1.67. The van der Waals surface area contributed by atoms with Gasteiger partial charge in [-0.05, 0) is 55.0 Å². The van der Waals surface area contributed by atoms with E-state index in [4.69, 9.17) is 16.3 Å². The lowest BCUT2D eigenvalue weighted by molar-refractivity contribution is 0.102. The van der Waals surface area contributed by atoms with Gasteiger partial charge < -0.3 is 15.4 Å². The van der Waals surface area contributed by atoms with Crippen LogP contribution in [-0.4, -0.2) is 23.0 Å². The molecule has 0 spiro atoms. The second kappa shape index (κ2) is 7.84. The van der Waals surface area contributed by atoms with Gasteiger partial charge in [0, 0.05) is 28.8 Å². The van der Waals surface area contributed by atoms with Gasteiger partial charge in [0.25, 0.3) is 5.91 Å².